The standard InChI is InChI=1S/C24H28N10O/c25-9-14-34(27)13-3-7-22-28-10-8-23(29-22)33-12-4-11-32(15-16-33)20-17-19(30-31-24(20)26)18-5-1-2-6-21(18)35/h1-2,5-6,8-10,14,17,35H,4,11-13,15-16,25,27H2,(H2,26,31)/b14-9-. The molecule has 11 nitrogen and oxygen atoms in total. The number of benzene rings is 1. The number of hydrogen-bond donors (Lipinski definition) is 4. The molecule has 180 valence electrons. The summed E-state index contributed by atoms with van der Waals surface area (Å²) in [5, 5.41) is 19.9. The van der Waals surface area contributed by atoms with E-state index in [0.29, 0.717) is 36.0 Å². The number of nitrogens with two attached hydrogens (primary N) is 3. The summed E-state index contributed by atoms with van der Waals surface area (Å²) < 4.78 is 0. The van der Waals surface area contributed by atoms with Gasteiger partial charge in [0.15, 0.2) is 5.82 Å². The summed E-state index contributed by atoms with van der Waals surface area (Å²) in [5.74, 6) is 13.3. The predicted molar refractivity (Wildman–Crippen MR) is 136 cm³/mol. The van der Waals surface area contributed by atoms with Gasteiger partial charge in [0.05, 0.1) is 17.9 Å². The van der Waals surface area contributed by atoms with Crippen molar-refractivity contribution >= 4 is 17.3 Å². The Morgan fingerprint density at radius 3 is 2.71 bits per heavy atom. The summed E-state index contributed by atoms with van der Waals surface area (Å²) in [5.41, 5.74) is 13.5. The highest BCUT2D eigenvalue weighted by atomic mass is 16.3. The number of aromatic hydroxyl groups is 1. The summed E-state index contributed by atoms with van der Waals surface area (Å²) in [7, 11) is 0. The normalized spacial score (nSPS) is 13.9. The van der Waals surface area contributed by atoms with E-state index in [-0.39, 0.29) is 5.75 Å². The first kappa shape index (κ1) is 23.6. The summed E-state index contributed by atoms with van der Waals surface area (Å²) in [4.78, 5) is 13.2. The van der Waals surface area contributed by atoms with E-state index in [2.05, 4.69) is 41.8 Å². The number of anilines is 3. The number of hydrogen-bond acceptors (Lipinski definition) is 11. The molecule has 7 N–H and O–H groups in total. The molecule has 35 heavy (non-hydrogen) atoms. The molecule has 2 aromatic heterocycles. The zero-order valence-corrected chi connectivity index (χ0v) is 19.2. The molecule has 0 spiro atoms. The largest absolute Gasteiger partial charge is 0.507 e. The number of rotatable bonds is 5. The molecule has 1 saturated heterocycles. The van der Waals surface area contributed by atoms with Gasteiger partial charge in [-0.25, -0.2) is 15.8 Å². The highest BCUT2D eigenvalue weighted by Gasteiger charge is 2.20. The van der Waals surface area contributed by atoms with Gasteiger partial charge in [-0.3, -0.25) is 0 Å². The molecule has 3 heterocycles. The van der Waals surface area contributed by atoms with Crippen molar-refractivity contribution in [3.8, 4) is 28.8 Å². The fraction of sp³-hybridized carbons (Fsp3) is 0.250. The van der Waals surface area contributed by atoms with E-state index < -0.39 is 0 Å². The number of phenols is 1. The van der Waals surface area contributed by atoms with E-state index in [0.717, 1.165) is 37.6 Å². The van der Waals surface area contributed by atoms with Crippen molar-refractivity contribution < 1.29 is 5.11 Å². The number of phenolic OH excluding ortho intramolecular Hbond substituents is 1. The Kier molecular flexibility index (Phi) is 7.44. The quantitative estimate of drug-likeness (QED) is 0.237. The van der Waals surface area contributed by atoms with Crippen LogP contribution in [0, 0.1) is 11.8 Å². The molecule has 3 aromatic rings. The lowest BCUT2D eigenvalue weighted by atomic mass is 10.1. The van der Waals surface area contributed by atoms with Gasteiger partial charge in [0, 0.05) is 50.3 Å². The first-order valence-electron chi connectivity index (χ1n) is 11.2. The van der Waals surface area contributed by atoms with Gasteiger partial charge in [0.2, 0.25) is 5.82 Å². The number of hydrazine groups is 1. The maximum atomic E-state index is 10.2. The Morgan fingerprint density at radius 1 is 1.09 bits per heavy atom. The van der Waals surface area contributed by atoms with E-state index in [9.17, 15) is 5.11 Å². The molecular weight excluding hydrogens is 444 g/mol. The monoisotopic (exact) mass is 472 g/mol. The Balaban J connectivity index is 1.47. The van der Waals surface area contributed by atoms with Crippen LogP contribution in [-0.4, -0.2) is 63.0 Å². The average molecular weight is 473 g/mol. The van der Waals surface area contributed by atoms with Crippen LogP contribution in [0.15, 0.2) is 55.0 Å². The van der Waals surface area contributed by atoms with E-state index in [4.69, 9.17) is 17.3 Å². The SMILES string of the molecule is N/C=C\N(N)CC#Cc1nccc(N2CCCN(c3cc(-c4ccccc4O)nnc3N)CC2)n1. The van der Waals surface area contributed by atoms with Crippen LogP contribution in [0.5, 0.6) is 5.75 Å². The van der Waals surface area contributed by atoms with Gasteiger partial charge in [0.1, 0.15) is 11.6 Å². The van der Waals surface area contributed by atoms with Gasteiger partial charge >= 0.3 is 0 Å². The maximum Gasteiger partial charge on any atom is 0.206 e. The van der Waals surface area contributed by atoms with Gasteiger partial charge in [-0.2, -0.15) is 0 Å². The molecule has 11 heteroatoms. The van der Waals surface area contributed by atoms with Crippen LogP contribution >= 0.6 is 0 Å². The zero-order chi connectivity index (χ0) is 24.6. The summed E-state index contributed by atoms with van der Waals surface area (Å²) in [6, 6.07) is 10.8. The van der Waals surface area contributed by atoms with E-state index in [1.165, 1.54) is 17.4 Å². The van der Waals surface area contributed by atoms with Crippen LogP contribution < -0.4 is 27.1 Å². The second kappa shape index (κ2) is 11.0. The molecule has 0 saturated carbocycles. The van der Waals surface area contributed by atoms with Gasteiger partial charge in [0.25, 0.3) is 0 Å². The third kappa shape index (κ3) is 5.87. The zero-order valence-electron chi connectivity index (χ0n) is 19.2. The molecule has 0 atom stereocenters. The number of para-hydroxylation sites is 1. The topological polar surface area (TPSA) is 160 Å². The fourth-order valence-electron chi connectivity index (χ4n) is 3.81. The first-order valence-corrected chi connectivity index (χ1v) is 11.2. The summed E-state index contributed by atoms with van der Waals surface area (Å²) >= 11 is 0. The van der Waals surface area contributed by atoms with Crippen molar-refractivity contribution in [2.24, 2.45) is 11.6 Å². The molecule has 0 radical (unpaired) electrons. The lowest BCUT2D eigenvalue weighted by molar-refractivity contribution is 0.444. The lowest BCUT2D eigenvalue weighted by Gasteiger charge is -2.25. The first-order chi connectivity index (χ1) is 17.0. The fourth-order valence-corrected chi connectivity index (χ4v) is 3.81. The second-order valence-corrected chi connectivity index (χ2v) is 7.90. The summed E-state index contributed by atoms with van der Waals surface area (Å²) in [6.45, 7) is 3.38. The Morgan fingerprint density at radius 2 is 1.89 bits per heavy atom. The minimum atomic E-state index is 0.150. The maximum absolute atomic E-state index is 10.2. The Hall–Kier alpha value is -4.56. The van der Waals surface area contributed by atoms with Crippen LogP contribution in [0.1, 0.15) is 12.2 Å². The van der Waals surface area contributed by atoms with Crippen LogP contribution in [0.4, 0.5) is 17.3 Å². The van der Waals surface area contributed by atoms with Crippen molar-refractivity contribution in [1.29, 1.82) is 0 Å². The van der Waals surface area contributed by atoms with E-state index in [1.54, 1.807) is 24.4 Å². The van der Waals surface area contributed by atoms with Crippen LogP contribution in [0.25, 0.3) is 11.3 Å². The molecule has 1 fully saturated rings. The van der Waals surface area contributed by atoms with Gasteiger partial charge in [-0.05, 0) is 36.6 Å². The van der Waals surface area contributed by atoms with Crippen molar-refractivity contribution in [2.45, 2.75) is 6.42 Å². The van der Waals surface area contributed by atoms with Crippen molar-refractivity contribution in [1.82, 2.24) is 25.2 Å². The minimum absolute atomic E-state index is 0.150. The second-order valence-electron chi connectivity index (χ2n) is 7.90. The highest BCUT2D eigenvalue weighted by Crippen LogP contribution is 2.31. The predicted octanol–water partition coefficient (Wildman–Crippen LogP) is 0.895. The van der Waals surface area contributed by atoms with Crippen molar-refractivity contribution in [2.75, 3.05) is 48.3 Å². The third-order valence-electron chi connectivity index (χ3n) is 5.52. The van der Waals surface area contributed by atoms with Gasteiger partial charge in [-0.15, -0.1) is 10.2 Å². The number of nitrogen functional groups attached to an aromatic ring is 1. The lowest BCUT2D eigenvalue weighted by Crippen LogP contribution is -2.31. The smallest absolute Gasteiger partial charge is 0.206 e. The number of nitrogens with zero attached hydrogens (tertiary/aromatic N) is 7. The van der Waals surface area contributed by atoms with Crippen molar-refractivity contribution in [3.63, 3.8) is 0 Å². The molecule has 1 aromatic carbocycles. The molecule has 0 amide bonds. The molecule has 1 aliphatic rings. The molecule has 0 unspecified atom stereocenters. The van der Waals surface area contributed by atoms with Crippen LogP contribution in [0.2, 0.25) is 0 Å². The molecular formula is C24H28N10O. The average Bonchev–Trinajstić information content (AvgIpc) is 3.12. The molecule has 4 rings (SSSR count). The molecule has 0 aliphatic carbocycles. The van der Waals surface area contributed by atoms with Gasteiger partial charge < -0.3 is 31.4 Å². The number of aromatic nitrogens is 4. The van der Waals surface area contributed by atoms with Gasteiger partial charge in [-0.1, -0.05) is 18.1 Å². The van der Waals surface area contributed by atoms with Crippen LogP contribution in [0.3, 0.4) is 0 Å². The minimum Gasteiger partial charge on any atom is -0.507 e. The Labute approximate surface area is 203 Å². The molecule has 0 bridgehead atoms. The molecule has 1 aliphatic heterocycles. The Bertz CT molecular complexity index is 1250. The van der Waals surface area contributed by atoms with Crippen LogP contribution in [-0.2, 0) is 0 Å². The third-order valence-corrected chi connectivity index (χ3v) is 5.52. The highest BCUT2D eigenvalue weighted by molar-refractivity contribution is 5.74. The van der Waals surface area contributed by atoms with Crippen molar-refractivity contribution in [3.05, 3.63) is 60.8 Å². The summed E-state index contributed by atoms with van der Waals surface area (Å²) in [6.07, 6.45) is 5.49. The van der Waals surface area contributed by atoms with E-state index >= 15 is 0 Å². The van der Waals surface area contributed by atoms with E-state index in [1.807, 2.05) is 18.2 Å².